The van der Waals surface area contributed by atoms with E-state index in [9.17, 15) is 9.18 Å². The Labute approximate surface area is 141 Å². The van der Waals surface area contributed by atoms with Crippen LogP contribution in [0.25, 0.3) is 0 Å². The SMILES string of the molecule is Nc1ccc(C(=O)N2[C@@H]3CC[C@H]2CC(c2ccc(F)cc2)C3)cc1. The number of nitrogens with two attached hydrogens (primary N) is 1. The van der Waals surface area contributed by atoms with Gasteiger partial charge in [-0.3, -0.25) is 4.79 Å². The first kappa shape index (κ1) is 15.2. The molecule has 2 heterocycles. The van der Waals surface area contributed by atoms with Gasteiger partial charge in [0.25, 0.3) is 5.91 Å². The van der Waals surface area contributed by atoms with Crippen LogP contribution in [0.5, 0.6) is 0 Å². The van der Waals surface area contributed by atoms with Crippen LogP contribution in [0.3, 0.4) is 0 Å². The molecule has 2 aliphatic heterocycles. The lowest BCUT2D eigenvalue weighted by atomic mass is 9.85. The number of fused-ring (bicyclic) bond motifs is 2. The van der Waals surface area contributed by atoms with Gasteiger partial charge in [0.1, 0.15) is 5.82 Å². The van der Waals surface area contributed by atoms with Crippen molar-refractivity contribution in [3.63, 3.8) is 0 Å². The summed E-state index contributed by atoms with van der Waals surface area (Å²) >= 11 is 0. The number of nitrogen functional groups attached to an aromatic ring is 1. The van der Waals surface area contributed by atoms with Crippen molar-refractivity contribution in [1.82, 2.24) is 4.90 Å². The monoisotopic (exact) mass is 324 g/mol. The van der Waals surface area contributed by atoms with Crippen molar-refractivity contribution in [2.24, 2.45) is 0 Å². The Bertz CT molecular complexity index is 727. The Kier molecular flexibility index (Phi) is 3.75. The summed E-state index contributed by atoms with van der Waals surface area (Å²) in [4.78, 5) is 15.0. The highest BCUT2D eigenvalue weighted by atomic mass is 19.1. The van der Waals surface area contributed by atoms with Crippen molar-refractivity contribution in [3.8, 4) is 0 Å². The molecule has 3 nitrogen and oxygen atoms in total. The van der Waals surface area contributed by atoms with Crippen molar-refractivity contribution in [2.75, 3.05) is 5.73 Å². The molecule has 2 N–H and O–H groups in total. The topological polar surface area (TPSA) is 46.3 Å². The molecule has 2 aliphatic rings. The molecule has 2 aromatic rings. The van der Waals surface area contributed by atoms with Crippen LogP contribution in [0.2, 0.25) is 0 Å². The van der Waals surface area contributed by atoms with Crippen molar-refractivity contribution < 1.29 is 9.18 Å². The van der Waals surface area contributed by atoms with Gasteiger partial charge in [-0.05, 0) is 73.6 Å². The average molecular weight is 324 g/mol. The first-order chi connectivity index (χ1) is 11.6. The van der Waals surface area contributed by atoms with Gasteiger partial charge >= 0.3 is 0 Å². The van der Waals surface area contributed by atoms with E-state index < -0.39 is 0 Å². The molecule has 2 fully saturated rings. The van der Waals surface area contributed by atoms with Gasteiger partial charge in [0.2, 0.25) is 0 Å². The Hall–Kier alpha value is -2.36. The van der Waals surface area contributed by atoms with Gasteiger partial charge in [-0.15, -0.1) is 0 Å². The molecule has 4 rings (SSSR count). The molecule has 4 heteroatoms. The Balaban J connectivity index is 1.53. The van der Waals surface area contributed by atoms with Crippen LogP contribution in [-0.4, -0.2) is 22.9 Å². The third kappa shape index (κ3) is 2.66. The highest BCUT2D eigenvalue weighted by Crippen LogP contribution is 2.43. The summed E-state index contributed by atoms with van der Waals surface area (Å²) in [5.41, 5.74) is 8.28. The second kappa shape index (κ2) is 5.93. The van der Waals surface area contributed by atoms with Crippen LogP contribution >= 0.6 is 0 Å². The molecule has 0 aromatic heterocycles. The van der Waals surface area contributed by atoms with E-state index in [0.29, 0.717) is 17.2 Å². The minimum Gasteiger partial charge on any atom is -0.399 e. The van der Waals surface area contributed by atoms with Crippen LogP contribution in [-0.2, 0) is 0 Å². The van der Waals surface area contributed by atoms with Crippen molar-refractivity contribution in [3.05, 3.63) is 65.5 Å². The summed E-state index contributed by atoms with van der Waals surface area (Å²) in [6.07, 6.45) is 4.04. The number of hydrogen-bond acceptors (Lipinski definition) is 2. The Morgan fingerprint density at radius 1 is 0.958 bits per heavy atom. The van der Waals surface area contributed by atoms with E-state index in [0.717, 1.165) is 25.7 Å². The molecular weight excluding hydrogens is 303 g/mol. The highest BCUT2D eigenvalue weighted by Gasteiger charge is 2.43. The van der Waals surface area contributed by atoms with E-state index in [-0.39, 0.29) is 23.8 Å². The predicted octanol–water partition coefficient (Wildman–Crippen LogP) is 3.96. The molecule has 24 heavy (non-hydrogen) atoms. The molecule has 124 valence electrons. The number of nitrogens with zero attached hydrogens (tertiary/aromatic N) is 1. The molecule has 2 saturated heterocycles. The maximum absolute atomic E-state index is 13.1. The van der Waals surface area contributed by atoms with Crippen LogP contribution in [0.4, 0.5) is 10.1 Å². The van der Waals surface area contributed by atoms with Gasteiger partial charge in [0, 0.05) is 23.3 Å². The first-order valence-electron chi connectivity index (χ1n) is 8.55. The summed E-state index contributed by atoms with van der Waals surface area (Å²) in [6.45, 7) is 0. The molecule has 2 bridgehead atoms. The number of rotatable bonds is 2. The lowest BCUT2D eigenvalue weighted by Crippen LogP contribution is -2.46. The fraction of sp³-hybridized carbons (Fsp3) is 0.350. The van der Waals surface area contributed by atoms with Crippen LogP contribution in [0.1, 0.15) is 47.5 Å². The van der Waals surface area contributed by atoms with Crippen LogP contribution in [0, 0.1) is 5.82 Å². The third-order valence-corrected chi connectivity index (χ3v) is 5.47. The number of carbonyl (C=O) groups is 1. The van der Waals surface area contributed by atoms with E-state index in [2.05, 4.69) is 4.90 Å². The number of piperidine rings is 1. The number of benzene rings is 2. The maximum atomic E-state index is 13.1. The normalized spacial score (nSPS) is 25.7. The summed E-state index contributed by atoms with van der Waals surface area (Å²) < 4.78 is 13.1. The quantitative estimate of drug-likeness (QED) is 0.850. The maximum Gasteiger partial charge on any atom is 0.254 e. The standard InChI is InChI=1S/C20H21FN2O/c21-16-5-1-13(2-6-16)15-11-18-9-10-19(12-15)23(18)20(24)14-3-7-17(22)8-4-14/h1-8,15,18-19H,9-12,22H2/t15?,18-,19+. The number of amides is 1. The number of anilines is 1. The second-order valence-electron chi connectivity index (χ2n) is 6.94. The minimum atomic E-state index is -0.197. The predicted molar refractivity (Wildman–Crippen MR) is 92.2 cm³/mol. The summed E-state index contributed by atoms with van der Waals surface area (Å²) in [6, 6.07) is 14.6. The summed E-state index contributed by atoms with van der Waals surface area (Å²) in [5.74, 6) is 0.330. The summed E-state index contributed by atoms with van der Waals surface area (Å²) in [7, 11) is 0. The van der Waals surface area contributed by atoms with E-state index in [1.165, 1.54) is 17.7 Å². The molecule has 3 atom stereocenters. The zero-order valence-corrected chi connectivity index (χ0v) is 13.5. The van der Waals surface area contributed by atoms with Gasteiger partial charge in [-0.1, -0.05) is 12.1 Å². The van der Waals surface area contributed by atoms with E-state index in [1.807, 2.05) is 24.3 Å². The van der Waals surface area contributed by atoms with Crippen molar-refractivity contribution >= 4 is 11.6 Å². The van der Waals surface area contributed by atoms with E-state index in [4.69, 9.17) is 5.73 Å². The van der Waals surface area contributed by atoms with E-state index in [1.54, 1.807) is 12.1 Å². The second-order valence-corrected chi connectivity index (χ2v) is 6.94. The van der Waals surface area contributed by atoms with Crippen molar-refractivity contribution in [2.45, 2.75) is 43.7 Å². The fourth-order valence-electron chi connectivity index (χ4n) is 4.29. The van der Waals surface area contributed by atoms with Gasteiger partial charge in [-0.2, -0.15) is 0 Å². The molecule has 1 amide bonds. The number of carbonyl (C=O) groups excluding carboxylic acids is 1. The zero-order chi connectivity index (χ0) is 16.7. The van der Waals surface area contributed by atoms with Crippen molar-refractivity contribution in [1.29, 1.82) is 0 Å². The molecule has 0 aliphatic carbocycles. The molecule has 2 aromatic carbocycles. The number of hydrogen-bond donors (Lipinski definition) is 1. The van der Waals surface area contributed by atoms with Gasteiger partial charge in [0.15, 0.2) is 0 Å². The lowest BCUT2D eigenvalue weighted by molar-refractivity contribution is 0.0571. The van der Waals surface area contributed by atoms with Crippen LogP contribution < -0.4 is 5.73 Å². The van der Waals surface area contributed by atoms with Gasteiger partial charge < -0.3 is 10.6 Å². The largest absolute Gasteiger partial charge is 0.399 e. The first-order valence-corrected chi connectivity index (χ1v) is 8.55. The fourth-order valence-corrected chi connectivity index (χ4v) is 4.29. The molecule has 1 unspecified atom stereocenters. The number of halogens is 1. The summed E-state index contributed by atoms with van der Waals surface area (Å²) in [5, 5.41) is 0. The van der Waals surface area contributed by atoms with Gasteiger partial charge in [-0.25, -0.2) is 4.39 Å². The van der Waals surface area contributed by atoms with E-state index >= 15 is 0 Å². The Morgan fingerprint density at radius 2 is 1.54 bits per heavy atom. The lowest BCUT2D eigenvalue weighted by Gasteiger charge is -2.39. The van der Waals surface area contributed by atoms with Gasteiger partial charge in [0.05, 0.1) is 0 Å². The minimum absolute atomic E-state index is 0.111. The molecule has 0 saturated carbocycles. The zero-order valence-electron chi connectivity index (χ0n) is 13.5. The van der Waals surface area contributed by atoms with Crippen LogP contribution in [0.15, 0.2) is 48.5 Å². The highest BCUT2D eigenvalue weighted by molar-refractivity contribution is 5.95. The Morgan fingerprint density at radius 3 is 2.12 bits per heavy atom. The third-order valence-electron chi connectivity index (χ3n) is 5.47. The molecule has 0 radical (unpaired) electrons. The smallest absolute Gasteiger partial charge is 0.254 e. The molecular formula is C20H21FN2O. The average Bonchev–Trinajstić information content (AvgIpc) is 2.85. The molecule has 0 spiro atoms.